The lowest BCUT2D eigenvalue weighted by atomic mass is 10.1. The summed E-state index contributed by atoms with van der Waals surface area (Å²) in [5.74, 6) is 0.440. The number of urea groups is 1. The first-order chi connectivity index (χ1) is 12.3. The molecule has 2 amide bonds. The highest BCUT2D eigenvalue weighted by Crippen LogP contribution is 2.23. The SMILES string of the molecule is O=C(NCC1CCN(c2ccccc2)C1)NC(CO)c1ccccc1. The zero-order chi connectivity index (χ0) is 17.5. The molecule has 3 N–H and O–H groups in total. The number of anilines is 1. The second kappa shape index (κ2) is 8.53. The number of para-hydroxylation sites is 1. The molecule has 0 aliphatic carbocycles. The molecule has 2 unspecified atom stereocenters. The number of nitrogens with one attached hydrogen (secondary N) is 2. The molecular formula is C20H25N3O2. The largest absolute Gasteiger partial charge is 0.394 e. The highest BCUT2D eigenvalue weighted by molar-refractivity contribution is 5.74. The number of amides is 2. The van der Waals surface area contributed by atoms with Crippen LogP contribution in [0.4, 0.5) is 10.5 Å². The van der Waals surface area contributed by atoms with Crippen molar-refractivity contribution in [2.45, 2.75) is 12.5 Å². The predicted molar refractivity (Wildman–Crippen MR) is 99.6 cm³/mol. The second-order valence-electron chi connectivity index (χ2n) is 6.44. The summed E-state index contributed by atoms with van der Waals surface area (Å²) in [6.45, 7) is 2.48. The average Bonchev–Trinajstić information content (AvgIpc) is 3.15. The molecule has 0 radical (unpaired) electrons. The normalized spacial score (nSPS) is 18.0. The lowest BCUT2D eigenvalue weighted by Crippen LogP contribution is -2.41. The van der Waals surface area contributed by atoms with E-state index in [9.17, 15) is 9.90 Å². The van der Waals surface area contributed by atoms with Crippen LogP contribution in [-0.2, 0) is 0 Å². The van der Waals surface area contributed by atoms with Gasteiger partial charge in [0, 0.05) is 25.3 Å². The molecule has 132 valence electrons. The van der Waals surface area contributed by atoms with E-state index < -0.39 is 0 Å². The van der Waals surface area contributed by atoms with Crippen LogP contribution in [0.15, 0.2) is 60.7 Å². The van der Waals surface area contributed by atoms with E-state index in [0.717, 1.165) is 25.1 Å². The molecule has 2 atom stereocenters. The number of aliphatic hydroxyl groups excluding tert-OH is 1. The van der Waals surface area contributed by atoms with Gasteiger partial charge in [0.2, 0.25) is 0 Å². The highest BCUT2D eigenvalue weighted by Gasteiger charge is 2.23. The van der Waals surface area contributed by atoms with Crippen LogP contribution >= 0.6 is 0 Å². The molecule has 1 aliphatic rings. The minimum atomic E-state index is -0.384. The highest BCUT2D eigenvalue weighted by atomic mass is 16.3. The summed E-state index contributed by atoms with van der Waals surface area (Å²) in [5, 5.41) is 15.3. The monoisotopic (exact) mass is 339 g/mol. The van der Waals surface area contributed by atoms with Crippen molar-refractivity contribution >= 4 is 11.7 Å². The molecule has 5 heteroatoms. The van der Waals surface area contributed by atoms with Gasteiger partial charge < -0.3 is 20.6 Å². The van der Waals surface area contributed by atoms with Gasteiger partial charge in [-0.3, -0.25) is 0 Å². The van der Waals surface area contributed by atoms with E-state index in [0.29, 0.717) is 12.5 Å². The molecule has 1 heterocycles. The standard InChI is InChI=1S/C20H25N3O2/c24-15-19(17-7-3-1-4-8-17)22-20(25)21-13-16-11-12-23(14-16)18-9-5-2-6-10-18/h1-10,16,19,24H,11-15H2,(H2,21,22,25). The van der Waals surface area contributed by atoms with Gasteiger partial charge in [-0.1, -0.05) is 48.5 Å². The zero-order valence-electron chi connectivity index (χ0n) is 14.3. The number of aliphatic hydroxyl groups is 1. The number of carbonyl (C=O) groups is 1. The van der Waals surface area contributed by atoms with E-state index in [1.54, 1.807) is 0 Å². The van der Waals surface area contributed by atoms with Crippen LogP contribution in [0.2, 0.25) is 0 Å². The lowest BCUT2D eigenvalue weighted by Gasteiger charge is -2.20. The number of hydrogen-bond donors (Lipinski definition) is 3. The number of nitrogens with zero attached hydrogens (tertiary/aromatic N) is 1. The first kappa shape index (κ1) is 17.3. The van der Waals surface area contributed by atoms with Gasteiger partial charge in [0.25, 0.3) is 0 Å². The van der Waals surface area contributed by atoms with Gasteiger partial charge in [0.05, 0.1) is 12.6 Å². The summed E-state index contributed by atoms with van der Waals surface area (Å²) in [7, 11) is 0. The van der Waals surface area contributed by atoms with E-state index in [4.69, 9.17) is 0 Å². The Morgan fingerprint density at radius 3 is 2.48 bits per heavy atom. The van der Waals surface area contributed by atoms with Crippen molar-refractivity contribution in [3.63, 3.8) is 0 Å². The van der Waals surface area contributed by atoms with Gasteiger partial charge in [0.1, 0.15) is 0 Å². The fraction of sp³-hybridized carbons (Fsp3) is 0.350. The first-order valence-corrected chi connectivity index (χ1v) is 8.76. The Bertz CT molecular complexity index is 663. The Hall–Kier alpha value is -2.53. The van der Waals surface area contributed by atoms with Crippen LogP contribution in [0.25, 0.3) is 0 Å². The Balaban J connectivity index is 1.45. The fourth-order valence-electron chi connectivity index (χ4n) is 3.24. The molecule has 2 aromatic carbocycles. The minimum Gasteiger partial charge on any atom is -0.394 e. The summed E-state index contributed by atoms with van der Waals surface area (Å²) in [5.41, 5.74) is 2.13. The van der Waals surface area contributed by atoms with E-state index in [2.05, 4.69) is 27.7 Å². The Morgan fingerprint density at radius 1 is 1.12 bits per heavy atom. The van der Waals surface area contributed by atoms with E-state index in [1.165, 1.54) is 5.69 Å². The number of benzene rings is 2. The Morgan fingerprint density at radius 2 is 1.80 bits per heavy atom. The van der Waals surface area contributed by atoms with Crippen LogP contribution < -0.4 is 15.5 Å². The van der Waals surface area contributed by atoms with Crippen molar-refractivity contribution in [2.24, 2.45) is 5.92 Å². The predicted octanol–water partition coefficient (Wildman–Crippen LogP) is 2.55. The van der Waals surface area contributed by atoms with Gasteiger partial charge >= 0.3 is 6.03 Å². The summed E-state index contributed by atoms with van der Waals surface area (Å²) in [6.07, 6.45) is 1.07. The minimum absolute atomic E-state index is 0.122. The molecule has 3 rings (SSSR count). The van der Waals surface area contributed by atoms with Gasteiger partial charge in [-0.25, -0.2) is 4.79 Å². The van der Waals surface area contributed by atoms with Crippen LogP contribution in [-0.4, -0.2) is 37.4 Å². The van der Waals surface area contributed by atoms with Crippen LogP contribution in [0.3, 0.4) is 0 Å². The summed E-state index contributed by atoms with van der Waals surface area (Å²) >= 11 is 0. The summed E-state index contributed by atoms with van der Waals surface area (Å²) in [6, 6.07) is 19.2. The van der Waals surface area contributed by atoms with E-state index >= 15 is 0 Å². The summed E-state index contributed by atoms with van der Waals surface area (Å²) in [4.78, 5) is 14.5. The van der Waals surface area contributed by atoms with E-state index in [1.807, 2.05) is 48.5 Å². The smallest absolute Gasteiger partial charge is 0.315 e. The molecule has 0 aromatic heterocycles. The number of hydrogen-bond acceptors (Lipinski definition) is 3. The van der Waals surface area contributed by atoms with Crippen molar-refractivity contribution in [1.82, 2.24) is 10.6 Å². The fourth-order valence-corrected chi connectivity index (χ4v) is 3.24. The van der Waals surface area contributed by atoms with Crippen LogP contribution in [0.5, 0.6) is 0 Å². The molecule has 25 heavy (non-hydrogen) atoms. The molecule has 0 saturated carbocycles. The van der Waals surface area contributed by atoms with Crippen molar-refractivity contribution in [2.75, 3.05) is 31.1 Å². The molecular weight excluding hydrogens is 314 g/mol. The van der Waals surface area contributed by atoms with Crippen molar-refractivity contribution < 1.29 is 9.90 Å². The molecule has 1 aliphatic heterocycles. The summed E-state index contributed by atoms with van der Waals surface area (Å²) < 4.78 is 0. The van der Waals surface area contributed by atoms with Crippen LogP contribution in [0, 0.1) is 5.92 Å². The van der Waals surface area contributed by atoms with Crippen molar-refractivity contribution in [1.29, 1.82) is 0 Å². The molecule has 1 saturated heterocycles. The van der Waals surface area contributed by atoms with Gasteiger partial charge in [0.15, 0.2) is 0 Å². The van der Waals surface area contributed by atoms with Gasteiger partial charge in [-0.05, 0) is 30.0 Å². The van der Waals surface area contributed by atoms with E-state index in [-0.39, 0.29) is 18.7 Å². The lowest BCUT2D eigenvalue weighted by molar-refractivity contribution is 0.216. The molecule has 0 bridgehead atoms. The van der Waals surface area contributed by atoms with Gasteiger partial charge in [-0.15, -0.1) is 0 Å². The van der Waals surface area contributed by atoms with Crippen LogP contribution in [0.1, 0.15) is 18.0 Å². The molecule has 0 spiro atoms. The third-order valence-corrected chi connectivity index (χ3v) is 4.65. The Labute approximate surface area is 148 Å². The van der Waals surface area contributed by atoms with Crippen molar-refractivity contribution in [3.05, 3.63) is 66.2 Å². The third kappa shape index (κ3) is 4.73. The van der Waals surface area contributed by atoms with Gasteiger partial charge in [-0.2, -0.15) is 0 Å². The zero-order valence-corrected chi connectivity index (χ0v) is 14.3. The topological polar surface area (TPSA) is 64.6 Å². The second-order valence-corrected chi connectivity index (χ2v) is 6.44. The first-order valence-electron chi connectivity index (χ1n) is 8.76. The molecule has 2 aromatic rings. The quantitative estimate of drug-likeness (QED) is 0.758. The maximum atomic E-state index is 12.1. The third-order valence-electron chi connectivity index (χ3n) is 4.65. The maximum absolute atomic E-state index is 12.1. The molecule has 5 nitrogen and oxygen atoms in total. The van der Waals surface area contributed by atoms with Crippen molar-refractivity contribution in [3.8, 4) is 0 Å². The Kier molecular flexibility index (Phi) is 5.90. The molecule has 1 fully saturated rings. The number of carbonyl (C=O) groups excluding carboxylic acids is 1. The maximum Gasteiger partial charge on any atom is 0.315 e. The average molecular weight is 339 g/mol. The number of rotatable bonds is 6.